The average Bonchev–Trinajstić information content (AvgIpc) is 3.42. The third-order valence-electron chi connectivity index (χ3n) is 6.51. The van der Waals surface area contributed by atoms with Crippen LogP contribution in [0.4, 0.5) is 4.79 Å². The van der Waals surface area contributed by atoms with Crippen molar-refractivity contribution < 1.29 is 9.59 Å². The second kappa shape index (κ2) is 9.82. The quantitative estimate of drug-likeness (QED) is 0.696. The first-order valence-electron chi connectivity index (χ1n) is 11.3. The molecule has 2 aromatic rings. The number of nitrogens with one attached hydrogen (secondary N) is 1. The van der Waals surface area contributed by atoms with E-state index in [1.807, 2.05) is 41.1 Å². The molecule has 1 N–H and O–H groups in total. The second-order valence-corrected chi connectivity index (χ2v) is 8.69. The number of nitrogens with zero attached hydrogens (tertiary/aromatic N) is 4. The molecule has 7 nitrogen and oxygen atoms in total. The SMILES string of the molecule is CCN(CCC1CC1CNC(=O)N1Cc2ccncc2C1)C(=O)Cc1cccc(C#N)c1. The highest BCUT2D eigenvalue weighted by atomic mass is 16.2. The van der Waals surface area contributed by atoms with Crippen molar-refractivity contribution in [2.24, 2.45) is 11.8 Å². The Kier molecular flexibility index (Phi) is 6.69. The van der Waals surface area contributed by atoms with E-state index in [0.29, 0.717) is 50.0 Å². The van der Waals surface area contributed by atoms with Crippen molar-refractivity contribution in [3.63, 3.8) is 0 Å². The zero-order chi connectivity index (χ0) is 22.5. The van der Waals surface area contributed by atoms with E-state index in [4.69, 9.17) is 5.26 Å². The summed E-state index contributed by atoms with van der Waals surface area (Å²) >= 11 is 0. The molecule has 2 atom stereocenters. The Morgan fingerprint density at radius 3 is 2.88 bits per heavy atom. The molecule has 2 aliphatic rings. The fourth-order valence-electron chi connectivity index (χ4n) is 4.43. The van der Waals surface area contributed by atoms with E-state index < -0.39 is 0 Å². The molecule has 166 valence electrons. The van der Waals surface area contributed by atoms with Gasteiger partial charge in [0.1, 0.15) is 0 Å². The predicted octanol–water partition coefficient (Wildman–Crippen LogP) is 3.10. The lowest BCUT2D eigenvalue weighted by molar-refractivity contribution is -0.130. The lowest BCUT2D eigenvalue weighted by Gasteiger charge is -2.21. The van der Waals surface area contributed by atoms with Crippen molar-refractivity contribution in [3.8, 4) is 6.07 Å². The predicted molar refractivity (Wildman–Crippen MR) is 120 cm³/mol. The third kappa shape index (κ3) is 5.25. The number of likely N-dealkylation sites (N-methyl/N-ethyl adjacent to an activating group) is 1. The number of carbonyl (C=O) groups is 2. The lowest BCUT2D eigenvalue weighted by atomic mass is 10.1. The number of rotatable bonds is 8. The van der Waals surface area contributed by atoms with Gasteiger partial charge in [0.15, 0.2) is 0 Å². The summed E-state index contributed by atoms with van der Waals surface area (Å²) in [4.78, 5) is 33.0. The van der Waals surface area contributed by atoms with Crippen molar-refractivity contribution in [1.29, 1.82) is 5.26 Å². The second-order valence-electron chi connectivity index (χ2n) is 8.69. The van der Waals surface area contributed by atoms with Crippen molar-refractivity contribution in [2.75, 3.05) is 19.6 Å². The molecule has 0 radical (unpaired) electrons. The summed E-state index contributed by atoms with van der Waals surface area (Å²) in [5, 5.41) is 12.1. The van der Waals surface area contributed by atoms with Crippen molar-refractivity contribution in [2.45, 2.75) is 39.3 Å². The average molecular weight is 432 g/mol. The maximum absolute atomic E-state index is 12.7. The molecule has 0 saturated heterocycles. The number of nitriles is 1. The van der Waals surface area contributed by atoms with Gasteiger partial charge in [-0.25, -0.2) is 4.79 Å². The number of hydrogen-bond acceptors (Lipinski definition) is 4. The van der Waals surface area contributed by atoms with E-state index in [1.165, 1.54) is 5.56 Å². The number of urea groups is 1. The Balaban J connectivity index is 1.17. The molecule has 1 saturated carbocycles. The minimum atomic E-state index is -0.0168. The number of aromatic nitrogens is 1. The standard InChI is InChI=1S/C25H29N5O2/c1-2-29(24(31)11-18-4-3-5-19(10-18)13-26)9-7-20-12-22(20)15-28-25(32)30-16-21-6-8-27-14-23(21)17-30/h3-6,8,10,14,20,22H,2,7,9,11-12,15-17H2,1H3,(H,28,32). The number of amides is 3. The number of benzene rings is 1. The molecule has 2 heterocycles. The lowest BCUT2D eigenvalue weighted by Crippen LogP contribution is -2.37. The van der Waals surface area contributed by atoms with Gasteiger partial charge in [-0.2, -0.15) is 5.26 Å². The number of fused-ring (bicyclic) bond motifs is 1. The Labute approximate surface area is 189 Å². The van der Waals surface area contributed by atoms with Gasteiger partial charge in [0, 0.05) is 45.1 Å². The summed E-state index contributed by atoms with van der Waals surface area (Å²) in [6.07, 6.45) is 5.98. The van der Waals surface area contributed by atoms with Gasteiger partial charge in [-0.1, -0.05) is 12.1 Å². The molecule has 7 heteroatoms. The van der Waals surface area contributed by atoms with Crippen molar-refractivity contribution in [1.82, 2.24) is 20.1 Å². The van der Waals surface area contributed by atoms with E-state index in [-0.39, 0.29) is 11.9 Å². The normalized spacial score (nSPS) is 18.6. The Hall–Kier alpha value is -3.40. The molecule has 1 aromatic heterocycles. The van der Waals surface area contributed by atoms with E-state index in [0.717, 1.165) is 30.5 Å². The first kappa shape index (κ1) is 21.8. The molecule has 1 aliphatic carbocycles. The minimum absolute atomic E-state index is 0.0168. The van der Waals surface area contributed by atoms with E-state index in [1.54, 1.807) is 18.3 Å². The molecule has 1 fully saturated rings. The van der Waals surface area contributed by atoms with Crippen LogP contribution in [0, 0.1) is 23.2 Å². The van der Waals surface area contributed by atoms with Crippen LogP contribution in [0.2, 0.25) is 0 Å². The van der Waals surface area contributed by atoms with E-state index in [9.17, 15) is 9.59 Å². The van der Waals surface area contributed by atoms with Crippen LogP contribution >= 0.6 is 0 Å². The largest absolute Gasteiger partial charge is 0.343 e. The topological polar surface area (TPSA) is 89.3 Å². The van der Waals surface area contributed by atoms with Gasteiger partial charge in [0.2, 0.25) is 5.91 Å². The summed E-state index contributed by atoms with van der Waals surface area (Å²) in [5.41, 5.74) is 3.74. The molecule has 1 aromatic carbocycles. The summed E-state index contributed by atoms with van der Waals surface area (Å²) in [7, 11) is 0. The smallest absolute Gasteiger partial charge is 0.318 e. The molecular formula is C25H29N5O2. The summed E-state index contributed by atoms with van der Waals surface area (Å²) < 4.78 is 0. The number of hydrogen-bond donors (Lipinski definition) is 1. The van der Waals surface area contributed by atoms with Gasteiger partial charge >= 0.3 is 6.03 Å². The van der Waals surface area contributed by atoms with Crippen LogP contribution in [0.1, 0.15) is 42.0 Å². The maximum atomic E-state index is 12.7. The zero-order valence-electron chi connectivity index (χ0n) is 18.5. The highest BCUT2D eigenvalue weighted by Crippen LogP contribution is 2.40. The van der Waals surface area contributed by atoms with Crippen LogP contribution in [-0.4, -0.2) is 46.4 Å². The van der Waals surface area contributed by atoms with Crippen molar-refractivity contribution in [3.05, 3.63) is 65.0 Å². The van der Waals surface area contributed by atoms with Gasteiger partial charge in [-0.3, -0.25) is 9.78 Å². The Bertz CT molecular complexity index is 1010. The van der Waals surface area contributed by atoms with Gasteiger partial charge in [0.05, 0.1) is 18.1 Å². The van der Waals surface area contributed by atoms with Crippen LogP contribution in [0.3, 0.4) is 0 Å². The molecule has 2 unspecified atom stereocenters. The van der Waals surface area contributed by atoms with Crippen LogP contribution in [0.5, 0.6) is 0 Å². The number of carbonyl (C=O) groups excluding carboxylic acids is 2. The molecule has 4 rings (SSSR count). The van der Waals surface area contributed by atoms with E-state index in [2.05, 4.69) is 16.4 Å². The van der Waals surface area contributed by atoms with Crippen molar-refractivity contribution >= 4 is 11.9 Å². The third-order valence-corrected chi connectivity index (χ3v) is 6.51. The van der Waals surface area contributed by atoms with Gasteiger partial charge in [-0.15, -0.1) is 0 Å². The van der Waals surface area contributed by atoms with E-state index >= 15 is 0 Å². The summed E-state index contributed by atoms with van der Waals surface area (Å²) in [5.74, 6) is 1.14. The van der Waals surface area contributed by atoms with Gasteiger partial charge in [0.25, 0.3) is 0 Å². The van der Waals surface area contributed by atoms with Crippen LogP contribution in [-0.2, 0) is 24.3 Å². The Morgan fingerprint density at radius 2 is 2.09 bits per heavy atom. The van der Waals surface area contributed by atoms with Crippen LogP contribution in [0.25, 0.3) is 0 Å². The molecule has 0 spiro atoms. The van der Waals surface area contributed by atoms with Crippen LogP contribution < -0.4 is 5.32 Å². The number of pyridine rings is 1. The zero-order valence-corrected chi connectivity index (χ0v) is 18.5. The molecule has 1 aliphatic heterocycles. The first-order valence-corrected chi connectivity index (χ1v) is 11.3. The fourth-order valence-corrected chi connectivity index (χ4v) is 4.43. The van der Waals surface area contributed by atoms with Crippen LogP contribution in [0.15, 0.2) is 42.7 Å². The minimum Gasteiger partial charge on any atom is -0.343 e. The Morgan fingerprint density at radius 1 is 1.25 bits per heavy atom. The molecule has 32 heavy (non-hydrogen) atoms. The van der Waals surface area contributed by atoms with Gasteiger partial charge in [-0.05, 0) is 66.5 Å². The molecular weight excluding hydrogens is 402 g/mol. The monoisotopic (exact) mass is 431 g/mol. The fraction of sp³-hybridized carbons (Fsp3) is 0.440. The van der Waals surface area contributed by atoms with Gasteiger partial charge < -0.3 is 15.1 Å². The highest BCUT2D eigenvalue weighted by molar-refractivity contribution is 5.79. The maximum Gasteiger partial charge on any atom is 0.318 e. The molecule has 0 bridgehead atoms. The summed E-state index contributed by atoms with van der Waals surface area (Å²) in [6, 6.07) is 11.3. The molecule has 3 amide bonds. The highest BCUT2D eigenvalue weighted by Gasteiger charge is 2.37. The first-order chi connectivity index (χ1) is 15.6. The summed E-state index contributed by atoms with van der Waals surface area (Å²) in [6.45, 7) is 5.36.